The van der Waals surface area contributed by atoms with Gasteiger partial charge in [0.1, 0.15) is 6.54 Å². The summed E-state index contributed by atoms with van der Waals surface area (Å²) in [7, 11) is 4.57. The molecule has 2 N–H and O–H groups in total. The van der Waals surface area contributed by atoms with E-state index in [1.54, 1.807) is 9.80 Å². The van der Waals surface area contributed by atoms with E-state index in [1.807, 2.05) is 12.1 Å². The van der Waals surface area contributed by atoms with E-state index in [0.717, 1.165) is 12.6 Å². The largest absolute Gasteiger partial charge is 0.337 e. The number of nitrogens with one attached hydrogen (secondary N) is 2. The molecular formula is C14H22Cl2N2+2. The van der Waals surface area contributed by atoms with Gasteiger partial charge in [0, 0.05) is 18.4 Å². The molecule has 1 saturated heterocycles. The van der Waals surface area contributed by atoms with Gasteiger partial charge in [-0.3, -0.25) is 0 Å². The maximum absolute atomic E-state index is 6.06. The van der Waals surface area contributed by atoms with Gasteiger partial charge in [-0.15, -0.1) is 0 Å². The third-order valence-corrected chi connectivity index (χ3v) is 4.74. The number of halogens is 2. The Morgan fingerprint density at radius 1 is 1.22 bits per heavy atom. The molecule has 1 aliphatic heterocycles. The van der Waals surface area contributed by atoms with Gasteiger partial charge in [-0.2, -0.15) is 0 Å². The van der Waals surface area contributed by atoms with Crippen molar-refractivity contribution in [2.75, 3.05) is 27.2 Å². The van der Waals surface area contributed by atoms with Gasteiger partial charge in [0.05, 0.1) is 43.3 Å². The maximum Gasteiger partial charge on any atom is 0.103 e. The van der Waals surface area contributed by atoms with Gasteiger partial charge in [0.15, 0.2) is 0 Å². The van der Waals surface area contributed by atoms with Gasteiger partial charge in [0.25, 0.3) is 0 Å². The standard InChI is InChI=1S/C14H20Cl2N2/c1-17-7-5-12(6-8-17)18(2)10-11-3-4-13(15)14(16)9-11/h3-4,9,12H,5-8,10H2,1-2H3/p+2. The molecule has 0 saturated carbocycles. The number of quaternary nitrogens is 2. The third-order valence-electron chi connectivity index (χ3n) is 4.00. The van der Waals surface area contributed by atoms with Crippen molar-refractivity contribution in [3.05, 3.63) is 33.8 Å². The molecule has 0 spiro atoms. The first kappa shape index (κ1) is 14.1. The molecule has 1 heterocycles. The van der Waals surface area contributed by atoms with Gasteiger partial charge in [-0.05, 0) is 12.1 Å². The summed E-state index contributed by atoms with van der Waals surface area (Å²) in [4.78, 5) is 3.24. The van der Waals surface area contributed by atoms with Crippen LogP contribution in [0.5, 0.6) is 0 Å². The maximum atomic E-state index is 6.06. The molecule has 0 aromatic heterocycles. The quantitative estimate of drug-likeness (QED) is 0.810. The van der Waals surface area contributed by atoms with Crippen LogP contribution in [0.3, 0.4) is 0 Å². The zero-order valence-electron chi connectivity index (χ0n) is 11.1. The molecule has 2 nitrogen and oxygen atoms in total. The predicted octanol–water partition coefficient (Wildman–Crippen LogP) is 0.685. The molecule has 0 aliphatic carbocycles. The lowest BCUT2D eigenvalue weighted by Crippen LogP contribution is -3.17. The highest BCUT2D eigenvalue weighted by atomic mass is 35.5. The lowest BCUT2D eigenvalue weighted by Gasteiger charge is -2.30. The van der Waals surface area contributed by atoms with Crippen LogP contribution in [0.4, 0.5) is 0 Å². The first-order valence-corrected chi connectivity index (χ1v) is 7.39. The lowest BCUT2D eigenvalue weighted by molar-refractivity contribution is -0.948. The van der Waals surface area contributed by atoms with E-state index in [2.05, 4.69) is 20.2 Å². The van der Waals surface area contributed by atoms with E-state index < -0.39 is 0 Å². The summed E-state index contributed by atoms with van der Waals surface area (Å²) in [5.41, 5.74) is 1.27. The molecule has 100 valence electrons. The molecule has 4 heteroatoms. The van der Waals surface area contributed by atoms with Crippen LogP contribution in [0.25, 0.3) is 0 Å². The Morgan fingerprint density at radius 2 is 1.89 bits per heavy atom. The van der Waals surface area contributed by atoms with Gasteiger partial charge >= 0.3 is 0 Å². The van der Waals surface area contributed by atoms with Crippen molar-refractivity contribution in [1.82, 2.24) is 0 Å². The van der Waals surface area contributed by atoms with Crippen LogP contribution in [-0.2, 0) is 6.54 Å². The zero-order chi connectivity index (χ0) is 13.1. The Balaban J connectivity index is 1.94. The second kappa shape index (κ2) is 6.25. The summed E-state index contributed by atoms with van der Waals surface area (Å²) >= 11 is 12.0. The minimum absolute atomic E-state index is 0.640. The Kier molecular flexibility index (Phi) is 4.91. The molecule has 18 heavy (non-hydrogen) atoms. The lowest BCUT2D eigenvalue weighted by atomic mass is 10.0. The molecule has 1 aliphatic rings. The Morgan fingerprint density at radius 3 is 2.50 bits per heavy atom. The van der Waals surface area contributed by atoms with Crippen LogP contribution in [0.15, 0.2) is 18.2 Å². The van der Waals surface area contributed by atoms with Crippen molar-refractivity contribution in [2.24, 2.45) is 0 Å². The number of benzene rings is 1. The molecule has 1 aromatic rings. The van der Waals surface area contributed by atoms with Crippen molar-refractivity contribution >= 4 is 23.2 Å². The minimum atomic E-state index is 0.640. The summed E-state index contributed by atoms with van der Waals surface area (Å²) in [5.74, 6) is 0. The Bertz CT molecular complexity index is 401. The Labute approximate surface area is 119 Å². The molecule has 1 unspecified atom stereocenters. The predicted molar refractivity (Wildman–Crippen MR) is 76.7 cm³/mol. The molecule has 2 rings (SSSR count). The fraction of sp³-hybridized carbons (Fsp3) is 0.571. The van der Waals surface area contributed by atoms with Gasteiger partial charge < -0.3 is 9.80 Å². The fourth-order valence-corrected chi connectivity index (χ4v) is 3.04. The zero-order valence-corrected chi connectivity index (χ0v) is 12.6. The molecule has 0 radical (unpaired) electrons. The second-order valence-corrected chi connectivity index (χ2v) is 6.32. The smallest absolute Gasteiger partial charge is 0.103 e. The fourth-order valence-electron chi connectivity index (χ4n) is 2.72. The first-order chi connectivity index (χ1) is 8.56. The third kappa shape index (κ3) is 3.61. The number of piperidine rings is 1. The molecular weight excluding hydrogens is 267 g/mol. The van der Waals surface area contributed by atoms with Crippen molar-refractivity contribution in [3.8, 4) is 0 Å². The summed E-state index contributed by atoms with van der Waals surface area (Å²) < 4.78 is 0. The number of hydrogen-bond acceptors (Lipinski definition) is 0. The highest BCUT2D eigenvalue weighted by Gasteiger charge is 2.25. The average Bonchev–Trinajstić information content (AvgIpc) is 2.34. The van der Waals surface area contributed by atoms with E-state index in [4.69, 9.17) is 23.2 Å². The van der Waals surface area contributed by atoms with Crippen molar-refractivity contribution < 1.29 is 9.80 Å². The normalized spacial score (nSPS) is 26.0. The summed E-state index contributed by atoms with van der Waals surface area (Å²) in [6, 6.07) is 6.75. The molecule has 1 fully saturated rings. The van der Waals surface area contributed by atoms with Crippen LogP contribution in [0.1, 0.15) is 18.4 Å². The molecule has 0 bridgehead atoms. The number of likely N-dealkylation sites (tertiary alicyclic amines) is 1. The summed E-state index contributed by atoms with van der Waals surface area (Å²) in [5, 5.41) is 1.30. The molecule has 1 atom stereocenters. The molecule has 0 amide bonds. The van der Waals surface area contributed by atoms with E-state index in [9.17, 15) is 0 Å². The summed E-state index contributed by atoms with van der Waals surface area (Å²) in [6.07, 6.45) is 2.64. The average molecular weight is 289 g/mol. The van der Waals surface area contributed by atoms with Gasteiger partial charge in [-0.1, -0.05) is 29.3 Å². The van der Waals surface area contributed by atoms with Crippen molar-refractivity contribution in [3.63, 3.8) is 0 Å². The van der Waals surface area contributed by atoms with Crippen molar-refractivity contribution in [1.29, 1.82) is 0 Å². The van der Waals surface area contributed by atoms with E-state index >= 15 is 0 Å². The SMILES string of the molecule is C[NH+]1CCC([NH+](C)Cc2ccc(Cl)c(Cl)c2)CC1. The monoisotopic (exact) mass is 288 g/mol. The van der Waals surface area contributed by atoms with Gasteiger partial charge in [0.2, 0.25) is 0 Å². The summed E-state index contributed by atoms with van der Waals surface area (Å²) in [6.45, 7) is 3.62. The number of rotatable bonds is 3. The van der Waals surface area contributed by atoms with E-state index in [1.165, 1.54) is 31.5 Å². The van der Waals surface area contributed by atoms with Gasteiger partial charge in [-0.25, -0.2) is 0 Å². The molecule has 1 aromatic carbocycles. The van der Waals surface area contributed by atoms with Crippen LogP contribution >= 0.6 is 23.2 Å². The van der Waals surface area contributed by atoms with Crippen LogP contribution in [-0.4, -0.2) is 33.2 Å². The second-order valence-electron chi connectivity index (χ2n) is 5.50. The topological polar surface area (TPSA) is 8.88 Å². The van der Waals surface area contributed by atoms with Crippen LogP contribution < -0.4 is 9.80 Å². The number of hydrogen-bond donors (Lipinski definition) is 2. The van der Waals surface area contributed by atoms with Crippen LogP contribution in [0.2, 0.25) is 10.0 Å². The van der Waals surface area contributed by atoms with E-state index in [0.29, 0.717) is 10.0 Å². The minimum Gasteiger partial charge on any atom is -0.337 e. The first-order valence-electron chi connectivity index (χ1n) is 6.64. The highest BCUT2D eigenvalue weighted by Crippen LogP contribution is 2.22. The van der Waals surface area contributed by atoms with Crippen molar-refractivity contribution in [2.45, 2.75) is 25.4 Å². The Hall–Kier alpha value is -0.280. The van der Waals surface area contributed by atoms with E-state index in [-0.39, 0.29) is 0 Å². The van der Waals surface area contributed by atoms with Crippen LogP contribution in [0, 0.1) is 0 Å². The highest BCUT2D eigenvalue weighted by molar-refractivity contribution is 6.41.